The average molecular weight is 274 g/mol. The monoisotopic (exact) mass is 274 g/mol. The summed E-state index contributed by atoms with van der Waals surface area (Å²) in [5, 5.41) is 0. The van der Waals surface area contributed by atoms with Gasteiger partial charge in [-0.05, 0) is 56.7 Å². The molecule has 0 saturated carbocycles. The maximum absolute atomic E-state index is 12.5. The fourth-order valence-corrected chi connectivity index (χ4v) is 2.89. The number of hydrogen-bond acceptors (Lipinski definition) is 3. The van der Waals surface area contributed by atoms with E-state index in [2.05, 4.69) is 0 Å². The van der Waals surface area contributed by atoms with Gasteiger partial charge in [-0.15, -0.1) is 11.3 Å². The molecule has 0 radical (unpaired) electrons. The first kappa shape index (κ1) is 13.6. The maximum Gasteiger partial charge on any atom is 0.268 e. The molecule has 2 rings (SSSR count). The van der Waals surface area contributed by atoms with Gasteiger partial charge in [-0.25, -0.2) is 0 Å². The van der Waals surface area contributed by atoms with Gasteiger partial charge in [0.1, 0.15) is 0 Å². The molecule has 1 heterocycles. The molecule has 0 unspecified atom stereocenters. The number of hydrogen-bond donors (Lipinski definition) is 1. The summed E-state index contributed by atoms with van der Waals surface area (Å²) in [6, 6.07) is 9.35. The third-order valence-corrected chi connectivity index (χ3v) is 4.28. The zero-order chi connectivity index (χ0) is 14.0. The standard InChI is InChI=1S/C15H18N2OS/c1-4-17(13-7-5-12(16)6-8-13)15(18)14-9-10(2)11(3)19-14/h5-9H,4,16H2,1-3H3. The zero-order valence-corrected chi connectivity index (χ0v) is 12.3. The van der Waals surface area contributed by atoms with Crippen LogP contribution < -0.4 is 10.6 Å². The number of nitrogen functional groups attached to an aromatic ring is 1. The Hall–Kier alpha value is -1.81. The Morgan fingerprint density at radius 2 is 1.89 bits per heavy atom. The highest BCUT2D eigenvalue weighted by Gasteiger charge is 2.18. The van der Waals surface area contributed by atoms with Gasteiger partial charge in [-0.3, -0.25) is 4.79 Å². The zero-order valence-electron chi connectivity index (χ0n) is 11.4. The predicted molar refractivity (Wildman–Crippen MR) is 82.0 cm³/mol. The smallest absolute Gasteiger partial charge is 0.268 e. The van der Waals surface area contributed by atoms with E-state index in [1.165, 1.54) is 10.4 Å². The van der Waals surface area contributed by atoms with Crippen LogP contribution in [0.25, 0.3) is 0 Å². The van der Waals surface area contributed by atoms with E-state index in [9.17, 15) is 4.79 Å². The molecule has 2 aromatic rings. The second-order valence-electron chi connectivity index (χ2n) is 4.49. The SMILES string of the molecule is CCN(C(=O)c1cc(C)c(C)s1)c1ccc(N)cc1. The number of anilines is 2. The van der Waals surface area contributed by atoms with Crippen LogP contribution in [0.5, 0.6) is 0 Å². The van der Waals surface area contributed by atoms with Crippen LogP contribution >= 0.6 is 11.3 Å². The number of carbonyl (C=O) groups is 1. The van der Waals surface area contributed by atoms with E-state index in [1.807, 2.05) is 51.1 Å². The predicted octanol–water partition coefficient (Wildman–Crippen LogP) is 3.61. The van der Waals surface area contributed by atoms with Crippen LogP contribution in [-0.2, 0) is 0 Å². The molecule has 0 aliphatic carbocycles. The van der Waals surface area contributed by atoms with Gasteiger partial charge >= 0.3 is 0 Å². The van der Waals surface area contributed by atoms with Gasteiger partial charge in [0.2, 0.25) is 0 Å². The van der Waals surface area contributed by atoms with Crippen LogP contribution in [0.2, 0.25) is 0 Å². The Bertz CT molecular complexity index is 567. The Labute approximate surface area is 117 Å². The number of nitrogens with zero attached hydrogens (tertiary/aromatic N) is 1. The minimum absolute atomic E-state index is 0.0495. The fraction of sp³-hybridized carbons (Fsp3) is 0.267. The van der Waals surface area contributed by atoms with E-state index in [0.717, 1.165) is 10.6 Å². The summed E-state index contributed by atoms with van der Waals surface area (Å²) in [6.45, 7) is 6.68. The van der Waals surface area contributed by atoms with Gasteiger partial charge in [0.05, 0.1) is 4.88 Å². The lowest BCUT2D eigenvalue weighted by molar-refractivity contribution is 0.0992. The van der Waals surface area contributed by atoms with Crippen molar-refractivity contribution in [2.45, 2.75) is 20.8 Å². The number of rotatable bonds is 3. The Morgan fingerprint density at radius 1 is 1.26 bits per heavy atom. The molecule has 1 aromatic heterocycles. The Balaban J connectivity index is 2.31. The summed E-state index contributed by atoms with van der Waals surface area (Å²) >= 11 is 1.55. The molecule has 0 atom stereocenters. The number of amides is 1. The van der Waals surface area contributed by atoms with Crippen LogP contribution in [0.4, 0.5) is 11.4 Å². The lowest BCUT2D eigenvalue weighted by atomic mass is 10.2. The van der Waals surface area contributed by atoms with Crippen LogP contribution in [0.3, 0.4) is 0 Å². The molecule has 1 aromatic carbocycles. The second-order valence-corrected chi connectivity index (χ2v) is 5.75. The maximum atomic E-state index is 12.5. The second kappa shape index (κ2) is 5.45. The molecule has 19 heavy (non-hydrogen) atoms. The summed E-state index contributed by atoms with van der Waals surface area (Å²) in [5.74, 6) is 0.0495. The van der Waals surface area contributed by atoms with Crippen molar-refractivity contribution in [1.29, 1.82) is 0 Å². The van der Waals surface area contributed by atoms with E-state index in [0.29, 0.717) is 12.2 Å². The third-order valence-electron chi connectivity index (χ3n) is 3.14. The molecule has 0 spiro atoms. The summed E-state index contributed by atoms with van der Waals surface area (Å²) in [6.07, 6.45) is 0. The molecule has 1 amide bonds. The molecular weight excluding hydrogens is 256 g/mol. The number of thiophene rings is 1. The quantitative estimate of drug-likeness (QED) is 0.869. The highest BCUT2D eigenvalue weighted by atomic mass is 32.1. The van der Waals surface area contributed by atoms with Crippen LogP contribution in [0, 0.1) is 13.8 Å². The molecule has 0 bridgehead atoms. The van der Waals surface area contributed by atoms with Crippen molar-refractivity contribution in [2.24, 2.45) is 0 Å². The largest absolute Gasteiger partial charge is 0.399 e. The van der Waals surface area contributed by atoms with E-state index >= 15 is 0 Å². The number of benzene rings is 1. The normalized spacial score (nSPS) is 10.5. The van der Waals surface area contributed by atoms with Gasteiger partial charge < -0.3 is 10.6 Å². The van der Waals surface area contributed by atoms with Gasteiger partial charge in [-0.2, -0.15) is 0 Å². The lowest BCUT2D eigenvalue weighted by Gasteiger charge is -2.20. The third kappa shape index (κ3) is 2.79. The first-order chi connectivity index (χ1) is 9.02. The first-order valence-electron chi connectivity index (χ1n) is 6.27. The molecule has 100 valence electrons. The van der Waals surface area contributed by atoms with Crippen LogP contribution in [-0.4, -0.2) is 12.5 Å². The van der Waals surface area contributed by atoms with Gasteiger partial charge in [-0.1, -0.05) is 0 Å². The Kier molecular flexibility index (Phi) is 3.90. The summed E-state index contributed by atoms with van der Waals surface area (Å²) in [7, 11) is 0. The minimum atomic E-state index is 0.0495. The van der Waals surface area contributed by atoms with E-state index in [1.54, 1.807) is 16.2 Å². The summed E-state index contributed by atoms with van der Waals surface area (Å²) in [4.78, 5) is 16.3. The Morgan fingerprint density at radius 3 is 2.37 bits per heavy atom. The summed E-state index contributed by atoms with van der Waals surface area (Å²) < 4.78 is 0. The van der Waals surface area contributed by atoms with Gasteiger partial charge in [0.25, 0.3) is 5.91 Å². The van der Waals surface area contributed by atoms with Crippen molar-refractivity contribution in [3.63, 3.8) is 0 Å². The number of carbonyl (C=O) groups excluding carboxylic acids is 1. The van der Waals surface area contributed by atoms with Crippen LogP contribution in [0.1, 0.15) is 27.0 Å². The van der Waals surface area contributed by atoms with Crippen molar-refractivity contribution in [2.75, 3.05) is 17.2 Å². The highest BCUT2D eigenvalue weighted by Crippen LogP contribution is 2.25. The minimum Gasteiger partial charge on any atom is -0.399 e. The van der Waals surface area contributed by atoms with E-state index < -0.39 is 0 Å². The molecule has 3 nitrogen and oxygen atoms in total. The van der Waals surface area contributed by atoms with Crippen LogP contribution in [0.15, 0.2) is 30.3 Å². The molecule has 2 N–H and O–H groups in total. The van der Waals surface area contributed by atoms with Crippen molar-refractivity contribution >= 4 is 28.6 Å². The first-order valence-corrected chi connectivity index (χ1v) is 7.09. The highest BCUT2D eigenvalue weighted by molar-refractivity contribution is 7.14. The van der Waals surface area contributed by atoms with E-state index in [4.69, 9.17) is 5.73 Å². The van der Waals surface area contributed by atoms with Crippen molar-refractivity contribution in [3.05, 3.63) is 45.6 Å². The summed E-state index contributed by atoms with van der Waals surface area (Å²) in [5.41, 5.74) is 8.43. The molecular formula is C15H18N2OS. The van der Waals surface area contributed by atoms with Crippen molar-refractivity contribution in [1.82, 2.24) is 0 Å². The lowest BCUT2D eigenvalue weighted by Crippen LogP contribution is -2.29. The fourth-order valence-electron chi connectivity index (χ4n) is 1.91. The topological polar surface area (TPSA) is 46.3 Å². The van der Waals surface area contributed by atoms with Gasteiger partial charge in [0, 0.05) is 22.8 Å². The number of nitrogens with two attached hydrogens (primary N) is 1. The van der Waals surface area contributed by atoms with E-state index in [-0.39, 0.29) is 5.91 Å². The van der Waals surface area contributed by atoms with Crippen molar-refractivity contribution in [3.8, 4) is 0 Å². The molecule has 4 heteroatoms. The molecule has 0 fully saturated rings. The number of aryl methyl sites for hydroxylation is 2. The molecule has 0 aliphatic rings. The van der Waals surface area contributed by atoms with Crippen molar-refractivity contribution < 1.29 is 4.79 Å². The molecule has 0 saturated heterocycles. The van der Waals surface area contributed by atoms with Gasteiger partial charge in [0.15, 0.2) is 0 Å². The molecule has 0 aliphatic heterocycles. The average Bonchev–Trinajstić information content (AvgIpc) is 2.73.